The maximum Gasteiger partial charge on any atom is 0.142 e. The predicted molar refractivity (Wildman–Crippen MR) is 84.3 cm³/mol. The van der Waals surface area contributed by atoms with E-state index >= 15 is 0 Å². The largest absolute Gasteiger partial charge is 0.375 e. The Bertz CT molecular complexity index is 426. The molecule has 0 spiro atoms. The quantitative estimate of drug-likeness (QED) is 0.867. The summed E-state index contributed by atoms with van der Waals surface area (Å²) in [6.45, 7) is 3.89. The molecule has 1 aromatic carbocycles. The van der Waals surface area contributed by atoms with E-state index in [0.29, 0.717) is 0 Å². The van der Waals surface area contributed by atoms with Gasteiger partial charge in [0, 0.05) is 17.5 Å². The molecule has 1 fully saturated rings. The monoisotopic (exact) mass is 317 g/mol. The zero-order chi connectivity index (χ0) is 14.4. The normalized spacial score (nSPS) is 20.9. The summed E-state index contributed by atoms with van der Waals surface area (Å²) in [7, 11) is 0. The number of halogens is 2. The van der Waals surface area contributed by atoms with E-state index in [9.17, 15) is 4.39 Å². The van der Waals surface area contributed by atoms with Crippen molar-refractivity contribution in [1.82, 2.24) is 5.32 Å². The molecule has 2 unspecified atom stereocenters. The van der Waals surface area contributed by atoms with E-state index in [-0.39, 0.29) is 23.0 Å². The van der Waals surface area contributed by atoms with E-state index in [1.165, 1.54) is 6.07 Å². The molecule has 2 nitrogen and oxygen atoms in total. The number of benzene rings is 1. The fraction of sp³-hybridized carbons (Fsp3) is 0.600. The standard InChI is InChI=1S/C15H21ClFNOS/c1-2-5-18-14(15-10-20-7-6-19-15)9-11-3-4-12(16)13(17)8-11/h3-4,8,14-15,18H,2,5-7,9-10H2,1H3. The topological polar surface area (TPSA) is 21.3 Å². The molecule has 112 valence electrons. The third-order valence-electron chi connectivity index (χ3n) is 3.39. The highest BCUT2D eigenvalue weighted by Crippen LogP contribution is 2.21. The Morgan fingerprint density at radius 3 is 3.05 bits per heavy atom. The highest BCUT2D eigenvalue weighted by Gasteiger charge is 2.24. The maximum absolute atomic E-state index is 13.5. The molecule has 0 amide bonds. The van der Waals surface area contributed by atoms with Crippen LogP contribution < -0.4 is 5.32 Å². The van der Waals surface area contributed by atoms with Crippen LogP contribution in [0, 0.1) is 5.82 Å². The number of hydrogen-bond acceptors (Lipinski definition) is 3. The first-order valence-corrected chi connectivity index (χ1v) is 8.60. The van der Waals surface area contributed by atoms with Gasteiger partial charge in [-0.2, -0.15) is 11.8 Å². The lowest BCUT2D eigenvalue weighted by Gasteiger charge is -2.31. The van der Waals surface area contributed by atoms with Crippen LogP contribution in [0.1, 0.15) is 18.9 Å². The molecule has 5 heteroatoms. The molecule has 1 N–H and O–H groups in total. The average molecular weight is 318 g/mol. The molecule has 1 aliphatic rings. The zero-order valence-electron chi connectivity index (χ0n) is 11.7. The smallest absolute Gasteiger partial charge is 0.142 e. The van der Waals surface area contributed by atoms with Crippen molar-refractivity contribution in [2.24, 2.45) is 0 Å². The highest BCUT2D eigenvalue weighted by molar-refractivity contribution is 7.99. The average Bonchev–Trinajstić information content (AvgIpc) is 2.48. The lowest BCUT2D eigenvalue weighted by atomic mass is 10.0. The zero-order valence-corrected chi connectivity index (χ0v) is 13.3. The summed E-state index contributed by atoms with van der Waals surface area (Å²) in [5.74, 6) is 1.71. The molecule has 1 aliphatic heterocycles. The Morgan fingerprint density at radius 1 is 1.55 bits per heavy atom. The molecule has 0 aliphatic carbocycles. The van der Waals surface area contributed by atoms with Crippen LogP contribution in [0.15, 0.2) is 18.2 Å². The molecule has 20 heavy (non-hydrogen) atoms. The summed E-state index contributed by atoms with van der Waals surface area (Å²) in [5.41, 5.74) is 0.958. The molecule has 0 bridgehead atoms. The number of ether oxygens (including phenoxy) is 1. The number of thioether (sulfide) groups is 1. The molecule has 0 aromatic heterocycles. The first-order valence-electron chi connectivity index (χ1n) is 7.07. The Balaban J connectivity index is 2.03. The number of nitrogens with one attached hydrogen (secondary N) is 1. The van der Waals surface area contributed by atoms with Crippen molar-refractivity contribution in [2.45, 2.75) is 31.9 Å². The Hall–Kier alpha value is -0.290. The summed E-state index contributed by atoms with van der Waals surface area (Å²) in [5, 5.41) is 3.71. The van der Waals surface area contributed by atoms with Gasteiger partial charge >= 0.3 is 0 Å². The fourth-order valence-electron chi connectivity index (χ4n) is 2.32. The van der Waals surface area contributed by atoms with E-state index in [2.05, 4.69) is 12.2 Å². The molecule has 2 atom stereocenters. The van der Waals surface area contributed by atoms with Crippen LogP contribution in [0.3, 0.4) is 0 Å². The van der Waals surface area contributed by atoms with Gasteiger partial charge in [0.1, 0.15) is 5.82 Å². The SMILES string of the molecule is CCCNC(Cc1ccc(Cl)c(F)c1)C1CSCCO1. The minimum absolute atomic E-state index is 0.177. The lowest BCUT2D eigenvalue weighted by molar-refractivity contribution is 0.0472. The number of rotatable bonds is 6. The van der Waals surface area contributed by atoms with Crippen LogP contribution >= 0.6 is 23.4 Å². The second-order valence-corrected chi connectivity index (χ2v) is 6.55. The van der Waals surface area contributed by atoms with Crippen molar-refractivity contribution in [3.05, 3.63) is 34.6 Å². The molecule has 1 heterocycles. The second kappa shape index (κ2) is 8.23. The van der Waals surface area contributed by atoms with Gasteiger partial charge in [0.05, 0.1) is 17.7 Å². The summed E-state index contributed by atoms with van der Waals surface area (Å²) in [6, 6.07) is 5.27. The van der Waals surface area contributed by atoms with Crippen LogP contribution in [-0.4, -0.2) is 36.8 Å². The van der Waals surface area contributed by atoms with Crippen molar-refractivity contribution < 1.29 is 9.13 Å². The molecule has 1 aromatic rings. The van der Waals surface area contributed by atoms with Crippen molar-refractivity contribution in [3.63, 3.8) is 0 Å². The van der Waals surface area contributed by atoms with Crippen molar-refractivity contribution in [1.29, 1.82) is 0 Å². The predicted octanol–water partition coefficient (Wildman–Crippen LogP) is 3.52. The van der Waals surface area contributed by atoms with Gasteiger partial charge < -0.3 is 10.1 Å². The van der Waals surface area contributed by atoms with Crippen LogP contribution in [0.4, 0.5) is 4.39 Å². The van der Waals surface area contributed by atoms with Gasteiger partial charge in [0.25, 0.3) is 0 Å². The van der Waals surface area contributed by atoms with Crippen LogP contribution in [-0.2, 0) is 11.2 Å². The van der Waals surface area contributed by atoms with Gasteiger partial charge in [-0.25, -0.2) is 4.39 Å². The molecule has 0 saturated carbocycles. The summed E-state index contributed by atoms with van der Waals surface area (Å²) in [6.07, 6.45) is 2.03. The van der Waals surface area contributed by atoms with Gasteiger partial charge in [-0.3, -0.25) is 0 Å². The van der Waals surface area contributed by atoms with E-state index in [1.54, 1.807) is 6.07 Å². The van der Waals surface area contributed by atoms with Gasteiger partial charge in [-0.15, -0.1) is 0 Å². The first-order chi connectivity index (χ1) is 9.70. The van der Waals surface area contributed by atoms with Gasteiger partial charge in [0.2, 0.25) is 0 Å². The van der Waals surface area contributed by atoms with E-state index in [0.717, 1.165) is 43.1 Å². The molecular weight excluding hydrogens is 297 g/mol. The summed E-state index contributed by atoms with van der Waals surface area (Å²) in [4.78, 5) is 0. The van der Waals surface area contributed by atoms with Gasteiger partial charge in [0.15, 0.2) is 0 Å². The van der Waals surface area contributed by atoms with Crippen LogP contribution in [0.25, 0.3) is 0 Å². The van der Waals surface area contributed by atoms with E-state index in [1.807, 2.05) is 17.8 Å². The summed E-state index contributed by atoms with van der Waals surface area (Å²) < 4.78 is 19.4. The fourth-order valence-corrected chi connectivity index (χ4v) is 3.38. The molecule has 1 saturated heterocycles. The highest BCUT2D eigenvalue weighted by atomic mass is 35.5. The first kappa shape index (κ1) is 16.1. The third-order valence-corrected chi connectivity index (χ3v) is 4.71. The molecule has 2 rings (SSSR count). The minimum Gasteiger partial charge on any atom is -0.375 e. The van der Waals surface area contributed by atoms with Crippen LogP contribution in [0.2, 0.25) is 5.02 Å². The van der Waals surface area contributed by atoms with Crippen molar-refractivity contribution in [2.75, 3.05) is 24.7 Å². The lowest BCUT2D eigenvalue weighted by Crippen LogP contribution is -2.46. The summed E-state index contributed by atoms with van der Waals surface area (Å²) >= 11 is 7.65. The molecule has 0 radical (unpaired) electrons. The third kappa shape index (κ3) is 4.62. The maximum atomic E-state index is 13.5. The van der Waals surface area contributed by atoms with Crippen molar-refractivity contribution >= 4 is 23.4 Å². The van der Waals surface area contributed by atoms with Gasteiger partial charge in [-0.05, 0) is 37.1 Å². The van der Waals surface area contributed by atoms with Crippen LogP contribution in [0.5, 0.6) is 0 Å². The Kier molecular flexibility index (Phi) is 6.62. The van der Waals surface area contributed by atoms with E-state index < -0.39 is 0 Å². The number of hydrogen-bond donors (Lipinski definition) is 1. The van der Waals surface area contributed by atoms with E-state index in [4.69, 9.17) is 16.3 Å². The van der Waals surface area contributed by atoms with Gasteiger partial charge in [-0.1, -0.05) is 24.6 Å². The van der Waals surface area contributed by atoms with Crippen molar-refractivity contribution in [3.8, 4) is 0 Å². The molecular formula is C15H21ClFNOS. The second-order valence-electron chi connectivity index (χ2n) is 5.00. The minimum atomic E-state index is -0.350. The Labute approximate surface area is 129 Å². The Morgan fingerprint density at radius 2 is 2.40 bits per heavy atom.